The summed E-state index contributed by atoms with van der Waals surface area (Å²) in [4.78, 5) is 25.2. The summed E-state index contributed by atoms with van der Waals surface area (Å²) in [5.74, 6) is -1.76. The van der Waals surface area contributed by atoms with Crippen LogP contribution in [0.2, 0.25) is 0 Å². The van der Waals surface area contributed by atoms with Gasteiger partial charge in [-0.15, -0.1) is 0 Å². The number of likely N-dealkylation sites (tertiary alicyclic amines) is 1. The number of alkyl halides is 3. The van der Waals surface area contributed by atoms with E-state index in [1.54, 1.807) is 51.1 Å². The van der Waals surface area contributed by atoms with Crippen LogP contribution in [0, 0.1) is 5.92 Å². The minimum absolute atomic E-state index is 0.0446. The van der Waals surface area contributed by atoms with Gasteiger partial charge in [0.2, 0.25) is 0 Å². The van der Waals surface area contributed by atoms with E-state index in [2.05, 4.69) is 5.32 Å². The molecule has 1 unspecified atom stereocenters. The smallest absolute Gasteiger partial charge is 0.410 e. The molecule has 1 heterocycles. The van der Waals surface area contributed by atoms with Crippen molar-refractivity contribution in [1.29, 1.82) is 0 Å². The van der Waals surface area contributed by atoms with Gasteiger partial charge in [0.05, 0.1) is 12.0 Å². The van der Waals surface area contributed by atoms with Gasteiger partial charge in [-0.25, -0.2) is 9.59 Å². The fourth-order valence-electron chi connectivity index (χ4n) is 2.87. The van der Waals surface area contributed by atoms with Crippen LogP contribution >= 0.6 is 0 Å². The van der Waals surface area contributed by atoms with Crippen LogP contribution in [0.15, 0.2) is 30.3 Å². The molecule has 156 valence electrons. The second-order valence-electron chi connectivity index (χ2n) is 7.76. The zero-order valence-electron chi connectivity index (χ0n) is 16.1. The lowest BCUT2D eigenvalue weighted by Gasteiger charge is -2.38. The molecule has 9 heteroatoms. The highest BCUT2D eigenvalue weighted by molar-refractivity contribution is 5.69. The van der Waals surface area contributed by atoms with Gasteiger partial charge in [-0.1, -0.05) is 30.3 Å². The Morgan fingerprint density at radius 2 is 1.79 bits per heavy atom. The highest BCUT2D eigenvalue weighted by Gasteiger charge is 2.46. The number of nitrogens with zero attached hydrogens (tertiary/aromatic N) is 1. The quantitative estimate of drug-likeness (QED) is 0.827. The maximum atomic E-state index is 13.3. The third kappa shape index (κ3) is 6.94. The average molecular weight is 402 g/mol. The van der Waals surface area contributed by atoms with E-state index in [-0.39, 0.29) is 19.6 Å². The van der Waals surface area contributed by atoms with E-state index in [0.29, 0.717) is 0 Å². The first-order valence-corrected chi connectivity index (χ1v) is 8.96. The summed E-state index contributed by atoms with van der Waals surface area (Å²) in [5, 5.41) is 2.43. The van der Waals surface area contributed by atoms with Crippen LogP contribution in [-0.2, 0) is 16.1 Å². The van der Waals surface area contributed by atoms with Crippen molar-refractivity contribution in [2.45, 2.75) is 51.6 Å². The summed E-state index contributed by atoms with van der Waals surface area (Å²) in [7, 11) is 0. The van der Waals surface area contributed by atoms with Crippen molar-refractivity contribution in [2.24, 2.45) is 5.92 Å². The van der Waals surface area contributed by atoms with Gasteiger partial charge in [0.1, 0.15) is 12.2 Å². The van der Waals surface area contributed by atoms with Gasteiger partial charge in [-0.05, 0) is 32.8 Å². The van der Waals surface area contributed by atoms with E-state index in [9.17, 15) is 22.8 Å². The summed E-state index contributed by atoms with van der Waals surface area (Å²) < 4.78 is 50.1. The molecule has 0 radical (unpaired) electrons. The Morgan fingerprint density at radius 3 is 2.36 bits per heavy atom. The molecule has 2 amide bonds. The van der Waals surface area contributed by atoms with Crippen LogP contribution in [0.3, 0.4) is 0 Å². The molecule has 28 heavy (non-hydrogen) atoms. The van der Waals surface area contributed by atoms with Crippen LogP contribution < -0.4 is 5.32 Å². The van der Waals surface area contributed by atoms with Gasteiger partial charge in [0.25, 0.3) is 0 Å². The Balaban J connectivity index is 2.01. The molecule has 0 spiro atoms. The summed E-state index contributed by atoms with van der Waals surface area (Å²) in [6.45, 7) is 4.32. The van der Waals surface area contributed by atoms with Crippen LogP contribution in [0.5, 0.6) is 0 Å². The van der Waals surface area contributed by atoms with Gasteiger partial charge in [0, 0.05) is 13.1 Å². The topological polar surface area (TPSA) is 67.9 Å². The van der Waals surface area contributed by atoms with E-state index in [1.165, 1.54) is 0 Å². The molecule has 0 aromatic heterocycles. The van der Waals surface area contributed by atoms with Crippen molar-refractivity contribution in [3.8, 4) is 0 Å². The largest absolute Gasteiger partial charge is 0.445 e. The Bertz CT molecular complexity index is 674. The average Bonchev–Trinajstić information content (AvgIpc) is 2.57. The predicted octanol–water partition coefficient (Wildman–Crippen LogP) is 4.10. The van der Waals surface area contributed by atoms with E-state index < -0.39 is 42.5 Å². The van der Waals surface area contributed by atoms with Crippen LogP contribution in [-0.4, -0.2) is 48.0 Å². The Hall–Kier alpha value is -2.45. The fraction of sp³-hybridized carbons (Fsp3) is 0.579. The number of carbonyl (C=O) groups excluding carboxylic acids is 2. The van der Waals surface area contributed by atoms with Crippen LogP contribution in [0.4, 0.5) is 22.8 Å². The first-order valence-electron chi connectivity index (χ1n) is 8.96. The first kappa shape index (κ1) is 21.8. The lowest BCUT2D eigenvalue weighted by Crippen LogP contribution is -2.55. The van der Waals surface area contributed by atoms with Gasteiger partial charge < -0.3 is 19.7 Å². The fourth-order valence-corrected chi connectivity index (χ4v) is 2.87. The lowest BCUT2D eigenvalue weighted by atomic mass is 9.94. The number of rotatable bonds is 3. The second-order valence-corrected chi connectivity index (χ2v) is 7.76. The molecule has 0 saturated carbocycles. The van der Waals surface area contributed by atoms with Gasteiger partial charge in [0.15, 0.2) is 0 Å². The predicted molar refractivity (Wildman–Crippen MR) is 95.5 cm³/mol. The highest BCUT2D eigenvalue weighted by Crippen LogP contribution is 2.33. The molecule has 1 N–H and O–H groups in total. The highest BCUT2D eigenvalue weighted by atomic mass is 19.4. The molecular weight excluding hydrogens is 377 g/mol. The van der Waals surface area contributed by atoms with Gasteiger partial charge in [-0.2, -0.15) is 13.2 Å². The summed E-state index contributed by atoms with van der Waals surface area (Å²) in [5.41, 5.74) is -0.0557. The molecule has 2 rings (SSSR count). The number of piperidine rings is 1. The van der Waals surface area contributed by atoms with Gasteiger partial charge in [-0.3, -0.25) is 0 Å². The molecule has 0 aliphatic carbocycles. The van der Waals surface area contributed by atoms with Crippen molar-refractivity contribution < 1.29 is 32.2 Å². The molecule has 1 saturated heterocycles. The molecule has 6 nitrogen and oxygen atoms in total. The third-order valence-electron chi connectivity index (χ3n) is 4.10. The number of hydrogen-bond acceptors (Lipinski definition) is 4. The number of nitrogens with one attached hydrogen (secondary N) is 1. The van der Waals surface area contributed by atoms with Crippen molar-refractivity contribution in [1.82, 2.24) is 10.2 Å². The minimum atomic E-state index is -4.49. The summed E-state index contributed by atoms with van der Waals surface area (Å²) in [6.07, 6.45) is -6.50. The van der Waals surface area contributed by atoms with Crippen molar-refractivity contribution in [3.63, 3.8) is 0 Å². The van der Waals surface area contributed by atoms with Crippen molar-refractivity contribution in [2.75, 3.05) is 13.1 Å². The monoisotopic (exact) mass is 402 g/mol. The Labute approximate surface area is 162 Å². The number of carbonyl (C=O) groups is 2. The molecule has 1 aromatic rings. The van der Waals surface area contributed by atoms with E-state index in [4.69, 9.17) is 9.47 Å². The summed E-state index contributed by atoms with van der Waals surface area (Å²) in [6, 6.07) is 7.94. The summed E-state index contributed by atoms with van der Waals surface area (Å²) >= 11 is 0. The maximum Gasteiger partial charge on any atom is 0.410 e. The standard InChI is InChI=1S/C19H25F3N2O4/c1-18(2,3)28-16(25)23-15-9-14(19(20,21)22)10-24(11-15)17(26)27-12-13-7-5-4-6-8-13/h4-8,14-15H,9-12H2,1-3H3,(H,23,25)/t14?,15-/m0/s1. The molecule has 1 aliphatic heterocycles. The number of alkyl carbamates (subject to hydrolysis) is 1. The maximum absolute atomic E-state index is 13.3. The number of hydrogen-bond donors (Lipinski definition) is 1. The van der Waals surface area contributed by atoms with E-state index >= 15 is 0 Å². The van der Waals surface area contributed by atoms with Crippen LogP contribution in [0.1, 0.15) is 32.8 Å². The van der Waals surface area contributed by atoms with E-state index in [1.807, 2.05) is 0 Å². The molecule has 1 aromatic carbocycles. The van der Waals surface area contributed by atoms with Crippen molar-refractivity contribution >= 4 is 12.2 Å². The zero-order chi connectivity index (χ0) is 20.9. The zero-order valence-corrected chi connectivity index (χ0v) is 16.1. The number of ether oxygens (including phenoxy) is 2. The van der Waals surface area contributed by atoms with Crippen LogP contribution in [0.25, 0.3) is 0 Å². The normalized spacial score (nSPS) is 20.4. The molecule has 0 bridgehead atoms. The third-order valence-corrected chi connectivity index (χ3v) is 4.10. The SMILES string of the molecule is CC(C)(C)OC(=O)N[C@H]1CC(C(F)(F)F)CN(C(=O)OCc2ccccc2)C1. The Morgan fingerprint density at radius 1 is 1.14 bits per heavy atom. The van der Waals surface area contributed by atoms with E-state index in [0.717, 1.165) is 10.5 Å². The molecule has 2 atom stereocenters. The molecule has 1 fully saturated rings. The number of amides is 2. The Kier molecular flexibility index (Phi) is 6.79. The first-order chi connectivity index (χ1) is 12.9. The molecular formula is C19H25F3N2O4. The number of halogens is 3. The lowest BCUT2D eigenvalue weighted by molar-refractivity contribution is -0.187. The second kappa shape index (κ2) is 8.70. The van der Waals surface area contributed by atoms with Crippen molar-refractivity contribution in [3.05, 3.63) is 35.9 Å². The minimum Gasteiger partial charge on any atom is -0.445 e. The molecule has 1 aliphatic rings. The van der Waals surface area contributed by atoms with Gasteiger partial charge >= 0.3 is 18.4 Å². The number of benzene rings is 1.